The lowest BCUT2D eigenvalue weighted by Crippen LogP contribution is -2.76. The lowest BCUT2D eigenvalue weighted by atomic mass is 9.47. The summed E-state index contributed by atoms with van der Waals surface area (Å²) in [5.74, 6) is 1.96. The van der Waals surface area contributed by atoms with Crippen LogP contribution in [-0.2, 0) is 18.4 Å². The van der Waals surface area contributed by atoms with Gasteiger partial charge in [-0.1, -0.05) is 6.07 Å². The molecule has 1 saturated heterocycles. The molecule has 3 aliphatic carbocycles. The molecule has 3 heterocycles. The van der Waals surface area contributed by atoms with Gasteiger partial charge < -0.3 is 19.5 Å². The summed E-state index contributed by atoms with van der Waals surface area (Å²) in [4.78, 5) is 6.80. The van der Waals surface area contributed by atoms with Gasteiger partial charge in [0.05, 0.1) is 17.3 Å². The van der Waals surface area contributed by atoms with Crippen molar-refractivity contribution in [2.75, 3.05) is 13.1 Å². The lowest BCUT2D eigenvalue weighted by Gasteiger charge is -2.64. The highest BCUT2D eigenvalue weighted by molar-refractivity contribution is 5.62. The average molecular weight is 408 g/mol. The van der Waals surface area contributed by atoms with Gasteiger partial charge in [-0.05, 0) is 62.6 Å². The summed E-state index contributed by atoms with van der Waals surface area (Å²) < 4.78 is 8.73. The van der Waals surface area contributed by atoms with Crippen LogP contribution in [0.2, 0.25) is 0 Å². The fraction of sp³-hybridized carbons (Fsp3) is 0.625. The maximum Gasteiger partial charge on any atom is 0.165 e. The minimum Gasteiger partial charge on any atom is -0.504 e. The van der Waals surface area contributed by atoms with Gasteiger partial charge in [0.15, 0.2) is 11.5 Å². The van der Waals surface area contributed by atoms with Gasteiger partial charge in [-0.15, -0.1) is 0 Å². The molecule has 3 fully saturated rings. The summed E-state index contributed by atoms with van der Waals surface area (Å²) in [6.45, 7) is 2.96. The van der Waals surface area contributed by atoms with Crippen LogP contribution in [0.3, 0.4) is 0 Å². The van der Waals surface area contributed by atoms with Gasteiger partial charge in [0, 0.05) is 43.0 Å². The van der Waals surface area contributed by atoms with Crippen molar-refractivity contribution < 1.29 is 14.9 Å². The van der Waals surface area contributed by atoms with Crippen molar-refractivity contribution in [1.29, 1.82) is 0 Å². The number of hydrogen-bond donors (Lipinski definition) is 2. The number of benzene rings is 1. The molecule has 6 heteroatoms. The molecule has 1 spiro atoms. The van der Waals surface area contributed by atoms with E-state index < -0.39 is 11.0 Å². The molecule has 5 aliphatic rings. The smallest absolute Gasteiger partial charge is 0.165 e. The van der Waals surface area contributed by atoms with Crippen LogP contribution in [0.1, 0.15) is 43.2 Å². The highest BCUT2D eigenvalue weighted by atomic mass is 16.5. The van der Waals surface area contributed by atoms with Crippen LogP contribution in [0.5, 0.6) is 11.5 Å². The van der Waals surface area contributed by atoms with Gasteiger partial charge in [0.1, 0.15) is 6.10 Å². The number of aromatic hydroxyl groups is 1. The zero-order chi connectivity index (χ0) is 20.1. The highest BCUT2D eigenvalue weighted by Crippen LogP contribution is 2.66. The molecular weight excluding hydrogens is 378 g/mol. The first-order valence-corrected chi connectivity index (χ1v) is 11.5. The summed E-state index contributed by atoms with van der Waals surface area (Å²) in [7, 11) is 0. The first-order valence-electron chi connectivity index (χ1n) is 11.5. The quantitative estimate of drug-likeness (QED) is 0.815. The van der Waals surface area contributed by atoms with Crippen molar-refractivity contribution in [2.45, 2.75) is 68.2 Å². The van der Waals surface area contributed by atoms with Crippen LogP contribution < -0.4 is 4.74 Å². The Morgan fingerprint density at radius 3 is 2.87 bits per heavy atom. The van der Waals surface area contributed by atoms with Crippen LogP contribution in [-0.4, -0.2) is 55.5 Å². The number of imidazole rings is 1. The van der Waals surface area contributed by atoms with E-state index in [0.29, 0.717) is 5.75 Å². The maximum atomic E-state index is 12.4. The fourth-order valence-corrected chi connectivity index (χ4v) is 7.44. The van der Waals surface area contributed by atoms with Crippen LogP contribution in [0.15, 0.2) is 30.9 Å². The number of rotatable bonds is 4. The molecule has 0 unspecified atom stereocenters. The van der Waals surface area contributed by atoms with E-state index in [-0.39, 0.29) is 23.8 Å². The van der Waals surface area contributed by atoms with E-state index >= 15 is 0 Å². The third-order valence-electron chi connectivity index (χ3n) is 8.89. The van der Waals surface area contributed by atoms with Crippen molar-refractivity contribution in [1.82, 2.24) is 14.5 Å². The molecule has 2 saturated carbocycles. The number of phenolic OH excluding ortho intramolecular Hbond substituents is 1. The summed E-state index contributed by atoms with van der Waals surface area (Å²) in [6, 6.07) is 4.02. The second-order valence-electron chi connectivity index (χ2n) is 10.3. The minimum atomic E-state index is -0.789. The summed E-state index contributed by atoms with van der Waals surface area (Å²) in [5, 5.41) is 23.1. The monoisotopic (exact) mass is 407 g/mol. The minimum absolute atomic E-state index is 0.105. The van der Waals surface area contributed by atoms with Crippen LogP contribution in [0.25, 0.3) is 0 Å². The van der Waals surface area contributed by atoms with E-state index in [1.807, 2.05) is 18.7 Å². The molecule has 1 aromatic heterocycles. The van der Waals surface area contributed by atoms with Crippen LogP contribution in [0.4, 0.5) is 0 Å². The number of phenols is 1. The Hall–Kier alpha value is -2.05. The molecule has 0 radical (unpaired) electrons. The summed E-state index contributed by atoms with van der Waals surface area (Å²) in [6.07, 6.45) is 11.7. The largest absolute Gasteiger partial charge is 0.504 e. The molecule has 1 aromatic carbocycles. The number of hydrogen-bond acceptors (Lipinski definition) is 5. The maximum absolute atomic E-state index is 12.4. The molecule has 0 amide bonds. The Morgan fingerprint density at radius 1 is 1.17 bits per heavy atom. The fourth-order valence-electron chi connectivity index (χ4n) is 7.44. The number of likely N-dealkylation sites (tertiary alicyclic amines) is 1. The van der Waals surface area contributed by atoms with E-state index in [0.717, 1.165) is 56.8 Å². The van der Waals surface area contributed by atoms with E-state index in [1.54, 1.807) is 6.07 Å². The van der Waals surface area contributed by atoms with Gasteiger partial charge in [0.25, 0.3) is 0 Å². The standard InChI is InChI=1S/C24H29N3O3/c28-18-4-3-16-11-19-24(29)6-5-17(13-26-10-8-25-14-26)22-23(24,20(16)21(18)30-22)7-9-27(19)12-15-1-2-15/h3-4,8,10,14-15,17,19,22,28-29H,1-2,5-7,9,11-13H2/t17-,19-,22+,23+,24-/m1/s1. The SMILES string of the molecule is Oc1ccc2c3c1O[C@H]1[C@@H](Cn4ccnc4)CC[C@@]4(O)[C@@H](C2)N(CC2CC2)CC[C@]314. The second-order valence-corrected chi connectivity index (χ2v) is 10.3. The van der Waals surface area contributed by atoms with Crippen molar-refractivity contribution in [2.24, 2.45) is 11.8 Å². The zero-order valence-corrected chi connectivity index (χ0v) is 17.2. The Labute approximate surface area is 176 Å². The number of nitrogens with zero attached hydrogens (tertiary/aromatic N) is 3. The van der Waals surface area contributed by atoms with Crippen LogP contribution in [0, 0.1) is 11.8 Å². The third kappa shape index (κ3) is 2.09. The second kappa shape index (κ2) is 5.80. The molecule has 5 atom stereocenters. The first kappa shape index (κ1) is 17.6. The van der Waals surface area contributed by atoms with E-state index in [4.69, 9.17) is 4.74 Å². The van der Waals surface area contributed by atoms with E-state index in [1.165, 1.54) is 18.4 Å². The van der Waals surface area contributed by atoms with Gasteiger partial charge >= 0.3 is 0 Å². The molecule has 30 heavy (non-hydrogen) atoms. The molecule has 158 valence electrons. The van der Waals surface area contributed by atoms with Crippen molar-refractivity contribution in [3.8, 4) is 11.5 Å². The van der Waals surface area contributed by atoms with Crippen molar-refractivity contribution in [3.63, 3.8) is 0 Å². The summed E-state index contributed by atoms with van der Waals surface area (Å²) >= 11 is 0. The number of piperidine rings is 1. The predicted octanol–water partition coefficient (Wildman–Crippen LogP) is 2.47. The van der Waals surface area contributed by atoms with E-state index in [2.05, 4.69) is 20.5 Å². The Kier molecular flexibility index (Phi) is 3.40. The van der Waals surface area contributed by atoms with Gasteiger partial charge in [-0.2, -0.15) is 0 Å². The first-order chi connectivity index (χ1) is 14.6. The average Bonchev–Trinajstić information content (AvgIpc) is 3.25. The Bertz CT molecular complexity index is 1000. The number of aliphatic hydroxyl groups is 1. The van der Waals surface area contributed by atoms with E-state index in [9.17, 15) is 10.2 Å². The molecule has 2 N–H and O–H groups in total. The molecule has 2 aliphatic heterocycles. The molecule has 7 rings (SSSR count). The zero-order valence-electron chi connectivity index (χ0n) is 17.2. The highest BCUT2D eigenvalue weighted by Gasteiger charge is 2.72. The Balaban J connectivity index is 1.37. The lowest BCUT2D eigenvalue weighted by molar-refractivity contribution is -0.199. The topological polar surface area (TPSA) is 70.8 Å². The number of ether oxygens (including phenoxy) is 1. The van der Waals surface area contributed by atoms with Crippen molar-refractivity contribution in [3.05, 3.63) is 42.0 Å². The third-order valence-corrected chi connectivity index (χ3v) is 8.89. The predicted molar refractivity (Wildman–Crippen MR) is 111 cm³/mol. The van der Waals surface area contributed by atoms with Crippen LogP contribution >= 0.6 is 0 Å². The normalized spacial score (nSPS) is 38.9. The van der Waals surface area contributed by atoms with Crippen molar-refractivity contribution >= 4 is 0 Å². The molecule has 2 aromatic rings. The number of aromatic nitrogens is 2. The molecule has 2 bridgehead atoms. The summed E-state index contributed by atoms with van der Waals surface area (Å²) in [5.41, 5.74) is 1.18. The molecular formula is C24H29N3O3. The van der Waals surface area contributed by atoms with Gasteiger partial charge in [0.2, 0.25) is 0 Å². The Morgan fingerprint density at radius 2 is 2.07 bits per heavy atom. The molecule has 6 nitrogen and oxygen atoms in total. The van der Waals surface area contributed by atoms with Gasteiger partial charge in [-0.3, -0.25) is 4.90 Å². The van der Waals surface area contributed by atoms with Gasteiger partial charge in [-0.25, -0.2) is 4.98 Å².